The van der Waals surface area contributed by atoms with Crippen LogP contribution in [0.2, 0.25) is 0 Å². The number of aliphatic hydroxyl groups is 1. The fourth-order valence-corrected chi connectivity index (χ4v) is 3.50. The van der Waals surface area contributed by atoms with Crippen molar-refractivity contribution in [3.8, 4) is 0 Å². The van der Waals surface area contributed by atoms with Crippen molar-refractivity contribution in [3.05, 3.63) is 65.5 Å². The molecule has 0 radical (unpaired) electrons. The Bertz CT molecular complexity index is 717. The van der Waals surface area contributed by atoms with Crippen molar-refractivity contribution in [2.75, 3.05) is 6.61 Å². The van der Waals surface area contributed by atoms with Crippen molar-refractivity contribution >= 4 is 10.0 Å². The highest BCUT2D eigenvalue weighted by molar-refractivity contribution is 7.89. The van der Waals surface area contributed by atoms with Gasteiger partial charge >= 0.3 is 0 Å². The van der Waals surface area contributed by atoms with Gasteiger partial charge < -0.3 is 5.11 Å². The highest BCUT2D eigenvalue weighted by Gasteiger charge is 2.22. The van der Waals surface area contributed by atoms with Crippen LogP contribution in [0.25, 0.3) is 0 Å². The van der Waals surface area contributed by atoms with Crippen molar-refractivity contribution in [1.82, 2.24) is 4.72 Å². The van der Waals surface area contributed by atoms with E-state index in [0.717, 1.165) is 12.1 Å². The van der Waals surface area contributed by atoms with Crippen molar-refractivity contribution in [3.63, 3.8) is 0 Å². The summed E-state index contributed by atoms with van der Waals surface area (Å²) in [7, 11) is -3.84. The monoisotopic (exact) mass is 309 g/mol. The Morgan fingerprint density at radius 3 is 2.43 bits per heavy atom. The van der Waals surface area contributed by atoms with Crippen LogP contribution in [0.15, 0.2) is 53.4 Å². The van der Waals surface area contributed by atoms with Crippen LogP contribution in [-0.4, -0.2) is 20.1 Å². The van der Waals surface area contributed by atoms with Crippen molar-refractivity contribution < 1.29 is 17.9 Å². The van der Waals surface area contributed by atoms with E-state index < -0.39 is 21.9 Å². The number of rotatable bonds is 5. The largest absolute Gasteiger partial charge is 0.394 e. The average molecular weight is 309 g/mol. The van der Waals surface area contributed by atoms with Crippen LogP contribution in [0, 0.1) is 12.7 Å². The third kappa shape index (κ3) is 3.66. The van der Waals surface area contributed by atoms with Gasteiger partial charge in [0.05, 0.1) is 17.5 Å². The summed E-state index contributed by atoms with van der Waals surface area (Å²) in [6.07, 6.45) is 0. The molecule has 0 bridgehead atoms. The number of nitrogens with one attached hydrogen (secondary N) is 1. The van der Waals surface area contributed by atoms with E-state index in [1.807, 2.05) is 0 Å². The highest BCUT2D eigenvalue weighted by Crippen LogP contribution is 2.20. The number of halogens is 1. The fraction of sp³-hybridized carbons (Fsp3) is 0.200. The Kier molecular flexibility index (Phi) is 4.72. The molecular weight excluding hydrogens is 293 g/mol. The van der Waals surface area contributed by atoms with E-state index in [-0.39, 0.29) is 11.5 Å². The lowest BCUT2D eigenvalue weighted by Gasteiger charge is -2.17. The zero-order chi connectivity index (χ0) is 15.5. The summed E-state index contributed by atoms with van der Waals surface area (Å²) in [5, 5.41) is 9.42. The third-order valence-corrected chi connectivity index (χ3v) is 4.74. The molecule has 0 amide bonds. The Balaban J connectivity index is 2.32. The fourth-order valence-electron chi connectivity index (χ4n) is 2.06. The van der Waals surface area contributed by atoms with Crippen LogP contribution in [0.1, 0.15) is 17.2 Å². The van der Waals surface area contributed by atoms with E-state index in [9.17, 15) is 17.9 Å². The second kappa shape index (κ2) is 6.34. The molecule has 0 saturated heterocycles. The van der Waals surface area contributed by atoms with E-state index in [1.165, 1.54) is 13.0 Å². The lowest BCUT2D eigenvalue weighted by atomic mass is 10.1. The zero-order valence-electron chi connectivity index (χ0n) is 11.5. The molecule has 1 atom stereocenters. The normalized spacial score (nSPS) is 13.1. The summed E-state index contributed by atoms with van der Waals surface area (Å²) in [6, 6.07) is 11.5. The lowest BCUT2D eigenvalue weighted by Crippen LogP contribution is -2.31. The summed E-state index contributed by atoms with van der Waals surface area (Å²) in [5.74, 6) is -0.492. The Hall–Kier alpha value is -1.76. The molecule has 0 saturated carbocycles. The van der Waals surface area contributed by atoms with Crippen molar-refractivity contribution in [2.24, 2.45) is 0 Å². The predicted molar refractivity (Wildman–Crippen MR) is 77.7 cm³/mol. The summed E-state index contributed by atoms with van der Waals surface area (Å²) in [5.41, 5.74) is 0.968. The first-order valence-corrected chi connectivity index (χ1v) is 7.86. The van der Waals surface area contributed by atoms with Gasteiger partial charge in [-0.1, -0.05) is 30.3 Å². The minimum Gasteiger partial charge on any atom is -0.394 e. The highest BCUT2D eigenvalue weighted by atomic mass is 32.2. The molecule has 4 nitrogen and oxygen atoms in total. The van der Waals surface area contributed by atoms with Gasteiger partial charge in [-0.25, -0.2) is 17.5 Å². The van der Waals surface area contributed by atoms with E-state index in [4.69, 9.17) is 0 Å². The molecule has 0 aliphatic heterocycles. The molecule has 21 heavy (non-hydrogen) atoms. The summed E-state index contributed by atoms with van der Waals surface area (Å²) in [4.78, 5) is -0.00159. The number of aliphatic hydroxyl groups excluding tert-OH is 1. The van der Waals surface area contributed by atoms with Crippen LogP contribution in [0.3, 0.4) is 0 Å². The molecule has 112 valence electrons. The first-order valence-electron chi connectivity index (χ1n) is 6.38. The first kappa shape index (κ1) is 15.6. The number of benzene rings is 2. The number of aryl methyl sites for hydroxylation is 1. The van der Waals surface area contributed by atoms with Gasteiger partial charge in [-0.05, 0) is 36.2 Å². The molecule has 0 fully saturated rings. The molecule has 0 spiro atoms. The van der Waals surface area contributed by atoms with Gasteiger partial charge in [-0.15, -0.1) is 0 Å². The molecule has 2 aromatic rings. The maximum absolute atomic E-state index is 13.1. The minimum atomic E-state index is -3.84. The quantitative estimate of drug-likeness (QED) is 0.889. The van der Waals surface area contributed by atoms with Gasteiger partial charge in [0.15, 0.2) is 0 Å². The minimum absolute atomic E-state index is 0.00159. The molecule has 0 heterocycles. The zero-order valence-corrected chi connectivity index (χ0v) is 12.3. The molecule has 2 rings (SSSR count). The standard InChI is InChI=1S/C15H16FNO3S/c1-11-9-13(16)7-8-15(11)21(19,20)17-14(10-18)12-5-3-2-4-6-12/h2-9,14,17-18H,10H2,1H3. The number of hydrogen-bond acceptors (Lipinski definition) is 3. The Morgan fingerprint density at radius 1 is 1.19 bits per heavy atom. The summed E-state index contributed by atoms with van der Waals surface area (Å²) < 4.78 is 40.2. The van der Waals surface area contributed by atoms with Crippen molar-refractivity contribution in [2.45, 2.75) is 17.9 Å². The average Bonchev–Trinajstić information content (AvgIpc) is 2.45. The van der Waals surface area contributed by atoms with E-state index in [1.54, 1.807) is 30.3 Å². The lowest BCUT2D eigenvalue weighted by molar-refractivity contribution is 0.259. The molecule has 2 aromatic carbocycles. The molecule has 6 heteroatoms. The summed E-state index contributed by atoms with van der Waals surface area (Å²) >= 11 is 0. The molecular formula is C15H16FNO3S. The third-order valence-electron chi connectivity index (χ3n) is 3.11. The SMILES string of the molecule is Cc1cc(F)ccc1S(=O)(=O)NC(CO)c1ccccc1. The second-order valence-electron chi connectivity index (χ2n) is 4.68. The Morgan fingerprint density at radius 2 is 1.86 bits per heavy atom. The van der Waals surface area contributed by atoms with Crippen LogP contribution in [0.5, 0.6) is 0 Å². The van der Waals surface area contributed by atoms with Crippen LogP contribution in [0.4, 0.5) is 4.39 Å². The van der Waals surface area contributed by atoms with Gasteiger partial charge in [0, 0.05) is 0 Å². The van der Waals surface area contributed by atoms with E-state index in [0.29, 0.717) is 11.1 Å². The van der Waals surface area contributed by atoms with Crippen molar-refractivity contribution in [1.29, 1.82) is 0 Å². The molecule has 2 N–H and O–H groups in total. The Labute approximate surface area is 123 Å². The molecule has 0 aliphatic rings. The van der Waals surface area contributed by atoms with Gasteiger partial charge in [0.25, 0.3) is 0 Å². The molecule has 0 aliphatic carbocycles. The van der Waals surface area contributed by atoms with E-state index in [2.05, 4.69) is 4.72 Å². The van der Waals surface area contributed by atoms with Crippen LogP contribution in [-0.2, 0) is 10.0 Å². The number of sulfonamides is 1. The van der Waals surface area contributed by atoms with E-state index >= 15 is 0 Å². The maximum atomic E-state index is 13.1. The van der Waals surface area contributed by atoms with Crippen LogP contribution < -0.4 is 4.72 Å². The summed E-state index contributed by atoms with van der Waals surface area (Å²) in [6.45, 7) is 1.15. The predicted octanol–water partition coefficient (Wildman–Crippen LogP) is 2.15. The van der Waals surface area contributed by atoms with Crippen LogP contribution >= 0.6 is 0 Å². The van der Waals surface area contributed by atoms with Gasteiger partial charge in [0.2, 0.25) is 10.0 Å². The first-order chi connectivity index (χ1) is 9.94. The van der Waals surface area contributed by atoms with Gasteiger partial charge in [-0.3, -0.25) is 0 Å². The second-order valence-corrected chi connectivity index (χ2v) is 6.36. The molecule has 1 unspecified atom stereocenters. The maximum Gasteiger partial charge on any atom is 0.241 e. The van der Waals surface area contributed by atoms with Gasteiger partial charge in [-0.2, -0.15) is 0 Å². The molecule has 0 aromatic heterocycles. The topological polar surface area (TPSA) is 66.4 Å². The van der Waals surface area contributed by atoms with Gasteiger partial charge in [0.1, 0.15) is 5.82 Å². The smallest absolute Gasteiger partial charge is 0.241 e. The number of hydrogen-bond donors (Lipinski definition) is 2.